The van der Waals surface area contributed by atoms with Gasteiger partial charge in [-0.1, -0.05) is 31.1 Å². The molecule has 0 aliphatic carbocycles. The molecule has 0 saturated carbocycles. The summed E-state index contributed by atoms with van der Waals surface area (Å²) in [6, 6.07) is 12.0. The standard InChI is InChI=1S/C22H23N3O4/c1-14-10-15(2)13-25(12-14)22(27)16-6-3-4-7-17(16)23-21(26)18-11-20(29-24-18)19-8-5-9-28-19/h3-9,11,14-15H,10,12-13H2,1-2H3,(H,23,26). The Bertz CT molecular complexity index is 999. The van der Waals surface area contributed by atoms with Gasteiger partial charge in [-0.3, -0.25) is 9.59 Å². The van der Waals surface area contributed by atoms with E-state index in [-0.39, 0.29) is 11.6 Å². The monoisotopic (exact) mass is 393 g/mol. The second-order valence-electron chi connectivity index (χ2n) is 7.71. The van der Waals surface area contributed by atoms with Crippen LogP contribution >= 0.6 is 0 Å². The van der Waals surface area contributed by atoms with Crippen LogP contribution in [0.1, 0.15) is 41.1 Å². The van der Waals surface area contributed by atoms with Crippen LogP contribution in [-0.2, 0) is 0 Å². The van der Waals surface area contributed by atoms with E-state index >= 15 is 0 Å². The Morgan fingerprint density at radius 3 is 2.55 bits per heavy atom. The highest BCUT2D eigenvalue weighted by Crippen LogP contribution is 2.26. The fourth-order valence-corrected chi connectivity index (χ4v) is 3.88. The molecule has 4 rings (SSSR count). The van der Waals surface area contributed by atoms with E-state index in [0.717, 1.165) is 19.5 Å². The Labute approximate surface area is 168 Å². The van der Waals surface area contributed by atoms with Crippen LogP contribution in [0.15, 0.2) is 57.7 Å². The van der Waals surface area contributed by atoms with Gasteiger partial charge in [0.05, 0.1) is 17.5 Å². The number of nitrogens with zero attached hydrogens (tertiary/aromatic N) is 2. The van der Waals surface area contributed by atoms with E-state index < -0.39 is 5.91 Å². The molecule has 1 aliphatic heterocycles. The number of carbonyl (C=O) groups is 2. The Balaban J connectivity index is 1.52. The first-order valence-corrected chi connectivity index (χ1v) is 9.71. The molecule has 2 aromatic heterocycles. The number of para-hydroxylation sites is 1. The Morgan fingerprint density at radius 2 is 1.83 bits per heavy atom. The molecule has 0 spiro atoms. The number of hydrogen-bond donors (Lipinski definition) is 1. The minimum atomic E-state index is -0.452. The van der Waals surface area contributed by atoms with Crippen LogP contribution < -0.4 is 5.32 Å². The Kier molecular flexibility index (Phi) is 5.20. The van der Waals surface area contributed by atoms with Gasteiger partial charge in [0.25, 0.3) is 11.8 Å². The molecule has 29 heavy (non-hydrogen) atoms. The maximum absolute atomic E-state index is 13.1. The van der Waals surface area contributed by atoms with Crippen LogP contribution in [-0.4, -0.2) is 35.0 Å². The lowest BCUT2D eigenvalue weighted by molar-refractivity contribution is 0.0624. The number of anilines is 1. The lowest BCUT2D eigenvalue weighted by Crippen LogP contribution is -2.42. The predicted molar refractivity (Wildman–Crippen MR) is 107 cm³/mol. The minimum Gasteiger partial charge on any atom is -0.461 e. The van der Waals surface area contributed by atoms with Crippen molar-refractivity contribution in [1.29, 1.82) is 0 Å². The summed E-state index contributed by atoms with van der Waals surface area (Å²) < 4.78 is 10.4. The molecule has 7 heteroatoms. The van der Waals surface area contributed by atoms with Crippen molar-refractivity contribution in [2.24, 2.45) is 11.8 Å². The number of furan rings is 1. The summed E-state index contributed by atoms with van der Waals surface area (Å²) in [5, 5.41) is 6.60. The number of nitrogens with one attached hydrogen (secondary N) is 1. The quantitative estimate of drug-likeness (QED) is 0.714. The molecule has 2 atom stereocenters. The van der Waals surface area contributed by atoms with E-state index in [1.807, 2.05) is 4.90 Å². The number of amides is 2. The molecular formula is C22H23N3O4. The van der Waals surface area contributed by atoms with Crippen LogP contribution in [0.3, 0.4) is 0 Å². The van der Waals surface area contributed by atoms with Crippen molar-refractivity contribution in [3.8, 4) is 11.5 Å². The van der Waals surface area contributed by atoms with E-state index in [1.165, 1.54) is 12.3 Å². The zero-order valence-corrected chi connectivity index (χ0v) is 16.4. The van der Waals surface area contributed by atoms with Gasteiger partial charge in [-0.05, 0) is 42.5 Å². The highest BCUT2D eigenvalue weighted by Gasteiger charge is 2.28. The summed E-state index contributed by atoms with van der Waals surface area (Å²) in [5.74, 6) is 1.24. The van der Waals surface area contributed by atoms with E-state index in [1.54, 1.807) is 36.4 Å². The molecular weight excluding hydrogens is 370 g/mol. The molecule has 0 bridgehead atoms. The van der Waals surface area contributed by atoms with E-state index in [9.17, 15) is 9.59 Å². The molecule has 2 unspecified atom stereocenters. The van der Waals surface area contributed by atoms with Gasteiger partial charge in [-0.15, -0.1) is 0 Å². The summed E-state index contributed by atoms with van der Waals surface area (Å²) in [5.41, 5.74) is 1.03. The molecule has 0 radical (unpaired) electrons. The van der Waals surface area contributed by atoms with Crippen molar-refractivity contribution in [2.45, 2.75) is 20.3 Å². The molecule has 3 aromatic rings. The molecule has 150 valence electrons. The zero-order chi connectivity index (χ0) is 20.4. The maximum atomic E-state index is 13.1. The van der Waals surface area contributed by atoms with Crippen molar-refractivity contribution < 1.29 is 18.5 Å². The summed E-state index contributed by atoms with van der Waals surface area (Å²) >= 11 is 0. The number of hydrogen-bond acceptors (Lipinski definition) is 5. The normalized spacial score (nSPS) is 19.2. The van der Waals surface area contributed by atoms with Gasteiger partial charge in [-0.2, -0.15) is 0 Å². The van der Waals surface area contributed by atoms with Crippen LogP contribution in [0.4, 0.5) is 5.69 Å². The molecule has 1 fully saturated rings. The molecule has 1 saturated heterocycles. The minimum absolute atomic E-state index is 0.0734. The third kappa shape index (κ3) is 4.08. The van der Waals surface area contributed by atoms with Gasteiger partial charge in [-0.25, -0.2) is 0 Å². The van der Waals surface area contributed by atoms with Gasteiger partial charge in [0, 0.05) is 19.2 Å². The van der Waals surface area contributed by atoms with Crippen LogP contribution in [0.5, 0.6) is 0 Å². The molecule has 1 aliphatic rings. The first kappa shape index (κ1) is 19.0. The number of aromatic nitrogens is 1. The highest BCUT2D eigenvalue weighted by molar-refractivity contribution is 6.08. The fourth-order valence-electron chi connectivity index (χ4n) is 3.88. The Morgan fingerprint density at radius 1 is 1.07 bits per heavy atom. The highest BCUT2D eigenvalue weighted by atomic mass is 16.5. The van der Waals surface area contributed by atoms with E-state index in [2.05, 4.69) is 24.3 Å². The maximum Gasteiger partial charge on any atom is 0.277 e. The van der Waals surface area contributed by atoms with Gasteiger partial charge < -0.3 is 19.2 Å². The second kappa shape index (κ2) is 7.95. The van der Waals surface area contributed by atoms with Crippen molar-refractivity contribution in [3.63, 3.8) is 0 Å². The fraction of sp³-hybridized carbons (Fsp3) is 0.318. The number of rotatable bonds is 4. The lowest BCUT2D eigenvalue weighted by Gasteiger charge is -2.35. The van der Waals surface area contributed by atoms with Crippen LogP contribution in [0, 0.1) is 11.8 Å². The molecule has 7 nitrogen and oxygen atoms in total. The summed E-state index contributed by atoms with van der Waals surface area (Å²) in [6.45, 7) is 5.76. The number of likely N-dealkylation sites (tertiary alicyclic amines) is 1. The van der Waals surface area contributed by atoms with Crippen molar-refractivity contribution in [1.82, 2.24) is 10.1 Å². The van der Waals surface area contributed by atoms with Gasteiger partial charge in [0.1, 0.15) is 0 Å². The van der Waals surface area contributed by atoms with Crippen LogP contribution in [0.2, 0.25) is 0 Å². The van der Waals surface area contributed by atoms with Crippen molar-refractivity contribution in [2.75, 3.05) is 18.4 Å². The number of benzene rings is 1. The third-order valence-electron chi connectivity index (χ3n) is 5.07. The van der Waals surface area contributed by atoms with Crippen molar-refractivity contribution in [3.05, 3.63) is 60.0 Å². The smallest absolute Gasteiger partial charge is 0.277 e. The average Bonchev–Trinajstić information content (AvgIpc) is 3.39. The van der Waals surface area contributed by atoms with Gasteiger partial charge >= 0.3 is 0 Å². The zero-order valence-electron chi connectivity index (χ0n) is 16.4. The first-order chi connectivity index (χ1) is 14.0. The average molecular weight is 393 g/mol. The molecule has 1 N–H and O–H groups in total. The van der Waals surface area contributed by atoms with Crippen molar-refractivity contribution >= 4 is 17.5 Å². The summed E-state index contributed by atoms with van der Waals surface area (Å²) in [6.07, 6.45) is 2.63. The predicted octanol–water partition coefficient (Wildman–Crippen LogP) is 4.31. The van der Waals surface area contributed by atoms with E-state index in [0.29, 0.717) is 34.6 Å². The topological polar surface area (TPSA) is 88.6 Å². The molecule has 3 heterocycles. The number of carbonyl (C=O) groups excluding carboxylic acids is 2. The van der Waals surface area contributed by atoms with E-state index in [4.69, 9.17) is 8.94 Å². The number of piperidine rings is 1. The molecule has 1 aromatic carbocycles. The summed E-state index contributed by atoms with van der Waals surface area (Å²) in [7, 11) is 0. The lowest BCUT2D eigenvalue weighted by atomic mass is 9.91. The second-order valence-corrected chi connectivity index (χ2v) is 7.71. The Hall–Kier alpha value is -3.35. The largest absolute Gasteiger partial charge is 0.461 e. The molecule has 2 amide bonds. The van der Waals surface area contributed by atoms with Gasteiger partial charge in [0.2, 0.25) is 5.76 Å². The first-order valence-electron chi connectivity index (χ1n) is 9.71. The van der Waals surface area contributed by atoms with Crippen LogP contribution in [0.25, 0.3) is 11.5 Å². The third-order valence-corrected chi connectivity index (χ3v) is 5.07. The summed E-state index contributed by atoms with van der Waals surface area (Å²) in [4.78, 5) is 27.7. The SMILES string of the molecule is CC1CC(C)CN(C(=O)c2ccccc2NC(=O)c2cc(-c3ccco3)on2)C1. The van der Waals surface area contributed by atoms with Gasteiger partial charge in [0.15, 0.2) is 11.5 Å².